The molecule has 0 saturated heterocycles. The summed E-state index contributed by atoms with van der Waals surface area (Å²) in [6.45, 7) is 3.71. The third-order valence-electron chi connectivity index (χ3n) is 4.04. The molecule has 0 aliphatic carbocycles. The number of rotatable bonds is 7. The van der Waals surface area contributed by atoms with Gasteiger partial charge >= 0.3 is 0 Å². The lowest BCUT2D eigenvalue weighted by molar-refractivity contribution is -0.115. The number of hydrogen-bond acceptors (Lipinski definition) is 4. The van der Waals surface area contributed by atoms with Crippen molar-refractivity contribution in [2.75, 3.05) is 25.1 Å². The summed E-state index contributed by atoms with van der Waals surface area (Å²) in [6, 6.07) is 12.0. The van der Waals surface area contributed by atoms with E-state index in [9.17, 15) is 9.59 Å². The summed E-state index contributed by atoms with van der Waals surface area (Å²) in [5.41, 5.74) is 1.65. The summed E-state index contributed by atoms with van der Waals surface area (Å²) in [5, 5.41) is 6.16. The van der Waals surface area contributed by atoms with E-state index in [1.54, 1.807) is 42.5 Å². The van der Waals surface area contributed by atoms with Crippen LogP contribution in [0.4, 0.5) is 5.69 Å². The number of carbonyl (C=O) groups excluding carboxylic acids is 2. The van der Waals surface area contributed by atoms with Gasteiger partial charge in [-0.1, -0.05) is 23.7 Å². The lowest BCUT2D eigenvalue weighted by Crippen LogP contribution is -2.27. The maximum atomic E-state index is 12.3. The first-order valence-electron chi connectivity index (χ1n) is 9.03. The SMILES string of the molecule is CCOCCCNC(=O)c1ccc2c(c1)NC(=O)/C(=C/c1cccc(Cl)c1)O2. The molecule has 0 atom stereocenters. The molecular formula is C21H21ClN2O4. The minimum atomic E-state index is -0.387. The fourth-order valence-electron chi connectivity index (χ4n) is 2.67. The van der Waals surface area contributed by atoms with Gasteiger partial charge in [0.05, 0.1) is 5.69 Å². The molecule has 0 radical (unpaired) electrons. The highest BCUT2D eigenvalue weighted by atomic mass is 35.5. The van der Waals surface area contributed by atoms with Crippen molar-refractivity contribution in [1.29, 1.82) is 0 Å². The first-order valence-corrected chi connectivity index (χ1v) is 9.41. The summed E-state index contributed by atoms with van der Waals surface area (Å²) in [7, 11) is 0. The van der Waals surface area contributed by atoms with Crippen LogP contribution in [0.2, 0.25) is 5.02 Å². The Morgan fingerprint density at radius 3 is 2.93 bits per heavy atom. The number of amides is 2. The molecule has 0 saturated carbocycles. The predicted octanol–water partition coefficient (Wildman–Crippen LogP) is 3.87. The van der Waals surface area contributed by atoms with Gasteiger partial charge in [-0.3, -0.25) is 9.59 Å². The van der Waals surface area contributed by atoms with Crippen LogP contribution in [-0.4, -0.2) is 31.6 Å². The van der Waals surface area contributed by atoms with E-state index in [0.717, 1.165) is 12.0 Å². The monoisotopic (exact) mass is 400 g/mol. The molecule has 6 nitrogen and oxygen atoms in total. The van der Waals surface area contributed by atoms with Crippen molar-refractivity contribution in [2.45, 2.75) is 13.3 Å². The Bertz CT molecular complexity index is 911. The van der Waals surface area contributed by atoms with Crippen molar-refractivity contribution in [1.82, 2.24) is 5.32 Å². The normalized spacial score (nSPS) is 14.2. The molecule has 1 aliphatic rings. The molecule has 1 aliphatic heterocycles. The van der Waals surface area contributed by atoms with Crippen molar-refractivity contribution in [3.8, 4) is 5.75 Å². The second-order valence-electron chi connectivity index (χ2n) is 6.14. The van der Waals surface area contributed by atoms with Crippen LogP contribution in [-0.2, 0) is 9.53 Å². The smallest absolute Gasteiger partial charge is 0.291 e. The van der Waals surface area contributed by atoms with Gasteiger partial charge in [-0.2, -0.15) is 0 Å². The summed E-state index contributed by atoms with van der Waals surface area (Å²) in [6.07, 6.45) is 2.35. The zero-order chi connectivity index (χ0) is 19.9. The maximum absolute atomic E-state index is 12.3. The van der Waals surface area contributed by atoms with Gasteiger partial charge in [0.1, 0.15) is 0 Å². The Morgan fingerprint density at radius 1 is 1.29 bits per heavy atom. The van der Waals surface area contributed by atoms with E-state index in [-0.39, 0.29) is 17.6 Å². The number of halogens is 1. The average Bonchev–Trinajstić information content (AvgIpc) is 2.68. The van der Waals surface area contributed by atoms with Crippen LogP contribution in [0.25, 0.3) is 6.08 Å². The number of fused-ring (bicyclic) bond motifs is 1. The molecular weight excluding hydrogens is 380 g/mol. The highest BCUT2D eigenvalue weighted by Gasteiger charge is 2.23. The van der Waals surface area contributed by atoms with Crippen LogP contribution in [0.1, 0.15) is 29.3 Å². The van der Waals surface area contributed by atoms with Gasteiger partial charge < -0.3 is 20.1 Å². The molecule has 7 heteroatoms. The second kappa shape index (κ2) is 9.39. The third-order valence-corrected chi connectivity index (χ3v) is 4.27. The number of nitrogens with one attached hydrogen (secondary N) is 2. The Hall–Kier alpha value is -2.83. The maximum Gasteiger partial charge on any atom is 0.291 e. The van der Waals surface area contributed by atoms with Crippen molar-refractivity contribution < 1.29 is 19.1 Å². The van der Waals surface area contributed by atoms with Crippen molar-refractivity contribution >= 4 is 35.2 Å². The predicted molar refractivity (Wildman–Crippen MR) is 109 cm³/mol. The van der Waals surface area contributed by atoms with E-state index in [0.29, 0.717) is 41.8 Å². The molecule has 2 amide bonds. The molecule has 0 bridgehead atoms. The number of anilines is 1. The lowest BCUT2D eigenvalue weighted by Gasteiger charge is -2.20. The molecule has 1 heterocycles. The van der Waals surface area contributed by atoms with E-state index >= 15 is 0 Å². The summed E-state index contributed by atoms with van der Waals surface area (Å²) in [4.78, 5) is 24.6. The van der Waals surface area contributed by atoms with Gasteiger partial charge in [-0.15, -0.1) is 0 Å². The average molecular weight is 401 g/mol. The molecule has 0 fully saturated rings. The van der Waals surface area contributed by atoms with Gasteiger partial charge in [0.15, 0.2) is 11.5 Å². The van der Waals surface area contributed by atoms with Crippen LogP contribution >= 0.6 is 11.6 Å². The number of ether oxygens (including phenoxy) is 2. The lowest BCUT2D eigenvalue weighted by atomic mass is 10.1. The molecule has 2 N–H and O–H groups in total. The number of carbonyl (C=O) groups is 2. The van der Waals surface area contributed by atoms with E-state index < -0.39 is 0 Å². The minimum Gasteiger partial charge on any atom is -0.449 e. The first kappa shape index (κ1) is 19.9. The molecule has 2 aromatic rings. The van der Waals surface area contributed by atoms with E-state index in [4.69, 9.17) is 21.1 Å². The minimum absolute atomic E-state index is 0.155. The van der Waals surface area contributed by atoms with E-state index in [1.165, 1.54) is 0 Å². The van der Waals surface area contributed by atoms with Crippen molar-refractivity contribution in [3.63, 3.8) is 0 Å². The second-order valence-corrected chi connectivity index (χ2v) is 6.57. The molecule has 0 spiro atoms. The molecule has 146 valence electrons. The highest BCUT2D eigenvalue weighted by Crippen LogP contribution is 2.32. The van der Waals surface area contributed by atoms with E-state index in [2.05, 4.69) is 10.6 Å². The van der Waals surface area contributed by atoms with Crippen LogP contribution in [0.5, 0.6) is 5.75 Å². The fourth-order valence-corrected chi connectivity index (χ4v) is 2.87. The summed E-state index contributed by atoms with van der Waals surface area (Å²) >= 11 is 5.97. The largest absolute Gasteiger partial charge is 0.449 e. The molecule has 0 aromatic heterocycles. The van der Waals surface area contributed by atoms with Gasteiger partial charge in [-0.05, 0) is 55.3 Å². The standard InChI is InChI=1S/C21H21ClN2O4/c1-2-27-10-4-9-23-20(25)15-7-8-18-17(13-15)24-21(26)19(28-18)12-14-5-3-6-16(22)11-14/h3,5-8,11-13H,2,4,9-10H2,1H3,(H,23,25)(H,24,26)/b19-12-. The van der Waals surface area contributed by atoms with Gasteiger partial charge in [0.25, 0.3) is 11.8 Å². The molecule has 3 rings (SSSR count). The number of benzene rings is 2. The Kier molecular flexibility index (Phi) is 6.68. The number of hydrogen-bond donors (Lipinski definition) is 2. The Balaban J connectivity index is 1.68. The quantitative estimate of drug-likeness (QED) is 0.546. The van der Waals surface area contributed by atoms with E-state index in [1.807, 2.05) is 13.0 Å². The summed E-state index contributed by atoms with van der Waals surface area (Å²) < 4.78 is 10.9. The van der Waals surface area contributed by atoms with Crippen LogP contribution in [0.15, 0.2) is 48.2 Å². The molecule has 28 heavy (non-hydrogen) atoms. The Morgan fingerprint density at radius 2 is 2.14 bits per heavy atom. The summed E-state index contributed by atoms with van der Waals surface area (Å²) in [5.74, 6) is 0.0271. The van der Waals surface area contributed by atoms with Crippen molar-refractivity contribution in [2.24, 2.45) is 0 Å². The zero-order valence-electron chi connectivity index (χ0n) is 15.5. The molecule has 2 aromatic carbocycles. The Labute approximate surface area is 168 Å². The van der Waals surface area contributed by atoms with Gasteiger partial charge in [0, 0.05) is 30.3 Å². The van der Waals surface area contributed by atoms with Crippen molar-refractivity contribution in [3.05, 3.63) is 64.4 Å². The highest BCUT2D eigenvalue weighted by molar-refractivity contribution is 6.30. The van der Waals surface area contributed by atoms with Gasteiger partial charge in [-0.25, -0.2) is 0 Å². The first-order chi connectivity index (χ1) is 13.6. The zero-order valence-corrected chi connectivity index (χ0v) is 16.2. The van der Waals surface area contributed by atoms with Crippen LogP contribution in [0.3, 0.4) is 0 Å². The fraction of sp³-hybridized carbons (Fsp3) is 0.238. The van der Waals surface area contributed by atoms with Crippen LogP contribution < -0.4 is 15.4 Å². The topological polar surface area (TPSA) is 76.7 Å². The van der Waals surface area contributed by atoms with Crippen LogP contribution in [0, 0.1) is 0 Å². The third kappa shape index (κ3) is 5.12. The molecule has 0 unspecified atom stereocenters. The van der Waals surface area contributed by atoms with Gasteiger partial charge in [0.2, 0.25) is 0 Å².